The number of benzene rings is 1. The van der Waals surface area contributed by atoms with E-state index in [4.69, 9.17) is 5.73 Å². The Labute approximate surface area is 110 Å². The topological polar surface area (TPSA) is 80.5 Å². The van der Waals surface area contributed by atoms with Crippen molar-refractivity contribution < 1.29 is 13.2 Å². The summed E-state index contributed by atoms with van der Waals surface area (Å²) >= 11 is 0. The number of hydrogen-bond donors (Lipinski definition) is 2. The summed E-state index contributed by atoms with van der Waals surface area (Å²) in [5.74, 6) is -0.0898. The molecule has 2 aromatic heterocycles. The third-order valence-electron chi connectivity index (χ3n) is 2.81. The van der Waals surface area contributed by atoms with Crippen LogP contribution in [0.25, 0.3) is 22.2 Å². The van der Waals surface area contributed by atoms with E-state index in [1.54, 1.807) is 6.20 Å². The predicted molar refractivity (Wildman–Crippen MR) is 66.5 cm³/mol. The van der Waals surface area contributed by atoms with Crippen molar-refractivity contribution in [3.05, 3.63) is 36.2 Å². The number of H-pyrrole nitrogens is 1. The molecule has 0 spiro atoms. The van der Waals surface area contributed by atoms with Crippen LogP contribution >= 0.6 is 0 Å². The fourth-order valence-electron chi connectivity index (χ4n) is 1.92. The van der Waals surface area contributed by atoms with E-state index in [9.17, 15) is 13.2 Å². The van der Waals surface area contributed by atoms with Crippen molar-refractivity contribution in [1.82, 2.24) is 20.2 Å². The zero-order chi connectivity index (χ0) is 14.3. The quantitative estimate of drug-likeness (QED) is 0.717. The molecule has 5 nitrogen and oxygen atoms in total. The van der Waals surface area contributed by atoms with Crippen LogP contribution in [-0.2, 0) is 6.18 Å². The van der Waals surface area contributed by atoms with Crippen LogP contribution in [-0.4, -0.2) is 20.2 Å². The van der Waals surface area contributed by atoms with E-state index in [-0.39, 0.29) is 11.5 Å². The molecule has 0 aliphatic carbocycles. The van der Waals surface area contributed by atoms with Gasteiger partial charge in [0.25, 0.3) is 0 Å². The van der Waals surface area contributed by atoms with Gasteiger partial charge in [0.05, 0.1) is 23.0 Å². The zero-order valence-electron chi connectivity index (χ0n) is 9.94. The van der Waals surface area contributed by atoms with E-state index in [0.29, 0.717) is 16.6 Å². The lowest BCUT2D eigenvalue weighted by Crippen LogP contribution is -2.05. The number of hydrogen-bond acceptors (Lipinski definition) is 4. The number of halogens is 3. The van der Waals surface area contributed by atoms with Crippen LogP contribution in [0.4, 0.5) is 19.1 Å². The van der Waals surface area contributed by atoms with E-state index in [1.165, 1.54) is 12.3 Å². The van der Waals surface area contributed by atoms with Gasteiger partial charge in [0.2, 0.25) is 5.95 Å². The fourth-order valence-corrected chi connectivity index (χ4v) is 1.92. The van der Waals surface area contributed by atoms with Crippen LogP contribution in [0.15, 0.2) is 30.6 Å². The van der Waals surface area contributed by atoms with Gasteiger partial charge in [-0.25, -0.2) is 9.97 Å². The van der Waals surface area contributed by atoms with Crippen LogP contribution < -0.4 is 5.73 Å². The second-order valence-electron chi connectivity index (χ2n) is 4.15. The summed E-state index contributed by atoms with van der Waals surface area (Å²) in [6.07, 6.45) is -1.33. The van der Waals surface area contributed by atoms with Gasteiger partial charge in [-0.2, -0.15) is 18.3 Å². The lowest BCUT2D eigenvalue weighted by molar-refractivity contribution is -0.137. The maximum Gasteiger partial charge on any atom is 0.416 e. The van der Waals surface area contributed by atoms with Gasteiger partial charge in [0.1, 0.15) is 0 Å². The van der Waals surface area contributed by atoms with Gasteiger partial charge in [-0.05, 0) is 12.1 Å². The molecule has 2 heterocycles. The number of nitrogen functional groups attached to an aromatic ring is 1. The van der Waals surface area contributed by atoms with Crippen LogP contribution in [0.5, 0.6) is 0 Å². The van der Waals surface area contributed by atoms with Gasteiger partial charge in [0.15, 0.2) is 0 Å². The molecule has 0 fully saturated rings. The van der Waals surface area contributed by atoms with Crippen molar-refractivity contribution in [3.63, 3.8) is 0 Å². The van der Waals surface area contributed by atoms with Crippen LogP contribution in [0.2, 0.25) is 0 Å². The summed E-state index contributed by atoms with van der Waals surface area (Å²) < 4.78 is 38.1. The molecule has 102 valence electrons. The molecule has 0 bridgehead atoms. The highest BCUT2D eigenvalue weighted by atomic mass is 19.4. The number of nitrogens with one attached hydrogen (secondary N) is 1. The Morgan fingerprint density at radius 1 is 1.15 bits per heavy atom. The molecule has 8 heteroatoms. The Bertz CT molecular complexity index is 765. The Hall–Kier alpha value is -2.64. The van der Waals surface area contributed by atoms with Gasteiger partial charge in [-0.3, -0.25) is 5.10 Å². The molecule has 20 heavy (non-hydrogen) atoms. The molecule has 0 unspecified atom stereocenters. The molecule has 0 saturated carbocycles. The number of nitrogens with zero attached hydrogens (tertiary/aromatic N) is 3. The summed E-state index contributed by atoms with van der Waals surface area (Å²) in [4.78, 5) is 7.92. The van der Waals surface area contributed by atoms with E-state index in [2.05, 4.69) is 20.2 Å². The highest BCUT2D eigenvalue weighted by molar-refractivity contribution is 5.93. The zero-order valence-corrected chi connectivity index (χ0v) is 9.94. The number of fused-ring (bicyclic) bond motifs is 1. The van der Waals surface area contributed by atoms with E-state index in [1.807, 2.05) is 0 Å². The first-order valence-corrected chi connectivity index (χ1v) is 5.59. The van der Waals surface area contributed by atoms with E-state index >= 15 is 0 Å². The second kappa shape index (κ2) is 4.19. The molecular formula is C12H8F3N5. The average molecular weight is 279 g/mol. The lowest BCUT2D eigenvalue weighted by Gasteiger charge is -2.09. The highest BCUT2D eigenvalue weighted by Crippen LogP contribution is 2.33. The Balaban J connectivity index is 2.28. The van der Waals surface area contributed by atoms with Gasteiger partial charge in [-0.15, -0.1) is 0 Å². The fraction of sp³-hybridized carbons (Fsp3) is 0.0833. The van der Waals surface area contributed by atoms with E-state index < -0.39 is 11.7 Å². The number of aromatic nitrogens is 4. The van der Waals surface area contributed by atoms with Crippen molar-refractivity contribution in [1.29, 1.82) is 0 Å². The van der Waals surface area contributed by atoms with Crippen LogP contribution in [0.3, 0.4) is 0 Å². The molecule has 0 radical (unpaired) electrons. The first-order valence-electron chi connectivity index (χ1n) is 5.59. The summed E-state index contributed by atoms with van der Waals surface area (Å²) in [5.41, 5.74) is 5.99. The molecule has 3 aromatic rings. The monoisotopic (exact) mass is 279 g/mol. The van der Waals surface area contributed by atoms with Crippen molar-refractivity contribution in [2.75, 3.05) is 5.73 Å². The van der Waals surface area contributed by atoms with Gasteiger partial charge in [-0.1, -0.05) is 6.07 Å². The maximum atomic E-state index is 12.7. The van der Waals surface area contributed by atoms with Crippen molar-refractivity contribution >= 4 is 16.9 Å². The average Bonchev–Trinajstić information content (AvgIpc) is 2.89. The van der Waals surface area contributed by atoms with Crippen molar-refractivity contribution in [2.45, 2.75) is 6.18 Å². The smallest absolute Gasteiger partial charge is 0.368 e. The minimum atomic E-state index is -4.43. The molecule has 3 rings (SSSR count). The molecule has 0 saturated heterocycles. The summed E-state index contributed by atoms with van der Waals surface area (Å²) in [5, 5.41) is 6.88. The third kappa shape index (κ3) is 2.04. The minimum Gasteiger partial charge on any atom is -0.368 e. The lowest BCUT2D eigenvalue weighted by atomic mass is 10.1. The molecule has 0 aliphatic rings. The predicted octanol–water partition coefficient (Wildman–Crippen LogP) is 2.62. The third-order valence-corrected chi connectivity index (χ3v) is 2.81. The normalized spacial score (nSPS) is 11.9. The Morgan fingerprint density at radius 2 is 1.95 bits per heavy atom. The second-order valence-corrected chi connectivity index (χ2v) is 4.15. The first-order chi connectivity index (χ1) is 9.45. The standard InChI is InChI=1S/C12H8F3N5/c13-12(14,15)7-1-2-8-9(3-7)19-11(16)20-10(8)6-4-17-18-5-6/h1-5H,(H,17,18)(H2,16,19,20). The molecule has 1 aromatic carbocycles. The highest BCUT2D eigenvalue weighted by Gasteiger charge is 2.30. The summed E-state index contributed by atoms with van der Waals surface area (Å²) in [7, 11) is 0. The van der Waals surface area contributed by atoms with Gasteiger partial charge in [0, 0.05) is 17.1 Å². The molecule has 0 aliphatic heterocycles. The SMILES string of the molecule is Nc1nc(-c2cn[nH]c2)c2ccc(C(F)(F)F)cc2n1. The van der Waals surface area contributed by atoms with Crippen molar-refractivity contribution in [2.24, 2.45) is 0 Å². The minimum absolute atomic E-state index is 0.0898. The van der Waals surface area contributed by atoms with E-state index in [0.717, 1.165) is 12.1 Å². The van der Waals surface area contributed by atoms with Crippen LogP contribution in [0, 0.1) is 0 Å². The molecular weight excluding hydrogens is 271 g/mol. The van der Waals surface area contributed by atoms with Crippen molar-refractivity contribution in [3.8, 4) is 11.3 Å². The summed E-state index contributed by atoms with van der Waals surface area (Å²) in [6.45, 7) is 0. The first kappa shape index (κ1) is 12.4. The Kier molecular flexibility index (Phi) is 2.60. The molecule has 3 N–H and O–H groups in total. The van der Waals surface area contributed by atoms with Crippen LogP contribution in [0.1, 0.15) is 5.56 Å². The van der Waals surface area contributed by atoms with Gasteiger partial charge >= 0.3 is 6.18 Å². The maximum absolute atomic E-state index is 12.7. The Morgan fingerprint density at radius 3 is 2.60 bits per heavy atom. The number of rotatable bonds is 1. The molecule has 0 amide bonds. The largest absolute Gasteiger partial charge is 0.416 e. The molecule has 0 atom stereocenters. The number of anilines is 1. The summed E-state index contributed by atoms with van der Waals surface area (Å²) in [6, 6.07) is 3.28. The number of nitrogens with two attached hydrogens (primary N) is 1. The number of alkyl halides is 3. The van der Waals surface area contributed by atoms with Gasteiger partial charge < -0.3 is 5.73 Å². The number of aromatic amines is 1.